The van der Waals surface area contributed by atoms with Crippen molar-refractivity contribution in [3.63, 3.8) is 0 Å². The van der Waals surface area contributed by atoms with Crippen LogP contribution in [0.25, 0.3) is 21.3 Å². The third-order valence-electron chi connectivity index (χ3n) is 14.3. The average Bonchev–Trinajstić information content (AvgIpc) is 3.22. The molecule has 0 radical (unpaired) electrons. The molecule has 0 heterocycles. The Hall–Kier alpha value is 1.27. The standard InChI is InChI=1S/4C12H22N.2CH3.2Ti/c4*1-3-7-11(8-4-1)13-12-9-5-2-6-10-12;;;;/h4*11-12H,1-10H2;2*1H3;;/q6*-1;+2;+4. The minimum atomic E-state index is 0. The normalized spacial score (nSPS) is 25.7. The first-order valence-electron chi connectivity index (χ1n) is 24.6. The van der Waals surface area contributed by atoms with E-state index in [0.29, 0.717) is 0 Å². The topological polar surface area (TPSA) is 56.4 Å². The first kappa shape index (κ1) is 55.3. The van der Waals surface area contributed by atoms with Crippen LogP contribution in [0.4, 0.5) is 0 Å². The van der Waals surface area contributed by atoms with Gasteiger partial charge in [-0.25, -0.2) is 0 Å². The van der Waals surface area contributed by atoms with E-state index in [0.717, 1.165) is 48.3 Å². The summed E-state index contributed by atoms with van der Waals surface area (Å²) >= 11 is 0. The molecule has 322 valence electrons. The van der Waals surface area contributed by atoms with Gasteiger partial charge in [-0.1, -0.05) is 257 Å². The van der Waals surface area contributed by atoms with E-state index < -0.39 is 0 Å². The molecule has 0 amide bonds. The van der Waals surface area contributed by atoms with Crippen molar-refractivity contribution < 1.29 is 43.4 Å². The second kappa shape index (κ2) is 35.8. The van der Waals surface area contributed by atoms with Crippen LogP contribution in [0, 0.1) is 14.9 Å². The van der Waals surface area contributed by atoms with Crippen LogP contribution in [-0.2, 0) is 43.4 Å². The number of nitrogens with zero attached hydrogens (tertiary/aromatic N) is 4. The van der Waals surface area contributed by atoms with Gasteiger partial charge in [0.2, 0.25) is 0 Å². The van der Waals surface area contributed by atoms with Crippen LogP contribution in [-0.4, -0.2) is 48.3 Å². The SMILES string of the molecule is C1CCC([N-]C2CCCCC2)CC1.C1CCC([N-]C2CCCCC2)CC1.C1CCC([N-]C2CCCCC2)CC1.C1CCC([N-]C2CCCCC2)CC1.[CH3-].[CH3-].[Ti+2].[Ti+4]. The molecule has 0 unspecified atom stereocenters. The molecule has 0 spiro atoms. The van der Waals surface area contributed by atoms with Crippen molar-refractivity contribution in [3.05, 3.63) is 36.1 Å². The average molecular weight is 847 g/mol. The fourth-order valence-corrected chi connectivity index (χ4v) is 11.0. The van der Waals surface area contributed by atoms with Crippen LogP contribution in [0.2, 0.25) is 0 Å². The second-order valence-electron chi connectivity index (χ2n) is 18.9. The summed E-state index contributed by atoms with van der Waals surface area (Å²) in [6.07, 6.45) is 56.7. The summed E-state index contributed by atoms with van der Waals surface area (Å²) in [5.41, 5.74) is 0. The second-order valence-corrected chi connectivity index (χ2v) is 18.9. The van der Waals surface area contributed by atoms with Gasteiger partial charge in [-0.05, 0) is 0 Å². The molecule has 0 aliphatic heterocycles. The Balaban J connectivity index is 0.000000365. The van der Waals surface area contributed by atoms with Crippen LogP contribution in [0.3, 0.4) is 0 Å². The molecule has 0 atom stereocenters. The molecule has 8 rings (SSSR count). The Morgan fingerprint density at radius 2 is 0.268 bits per heavy atom. The fraction of sp³-hybridized carbons (Fsp3) is 0.960. The van der Waals surface area contributed by atoms with Crippen molar-refractivity contribution in [1.29, 1.82) is 0 Å². The van der Waals surface area contributed by atoms with Crippen LogP contribution in [0.5, 0.6) is 0 Å². The first-order valence-corrected chi connectivity index (χ1v) is 24.6. The number of hydrogen-bond donors (Lipinski definition) is 0. The van der Waals surface area contributed by atoms with E-state index in [4.69, 9.17) is 21.3 Å². The molecular weight excluding hydrogens is 752 g/mol. The van der Waals surface area contributed by atoms with Crippen molar-refractivity contribution in [1.82, 2.24) is 0 Å². The van der Waals surface area contributed by atoms with Crippen LogP contribution >= 0.6 is 0 Å². The zero-order chi connectivity index (χ0) is 35.7. The zero-order valence-electron chi connectivity index (χ0n) is 37.7. The molecule has 6 heteroatoms. The molecular formula is C50H94N4Ti2. The van der Waals surface area contributed by atoms with Gasteiger partial charge in [0.15, 0.2) is 0 Å². The molecule has 8 aliphatic carbocycles. The molecule has 8 saturated carbocycles. The summed E-state index contributed by atoms with van der Waals surface area (Å²) in [5, 5.41) is 20.0. The van der Waals surface area contributed by atoms with E-state index in [9.17, 15) is 0 Å². The third-order valence-corrected chi connectivity index (χ3v) is 14.3. The van der Waals surface area contributed by atoms with Crippen molar-refractivity contribution in [2.24, 2.45) is 0 Å². The van der Waals surface area contributed by atoms with Gasteiger partial charge in [0.05, 0.1) is 0 Å². The van der Waals surface area contributed by atoms with Gasteiger partial charge in [-0.15, -0.1) is 48.3 Å². The van der Waals surface area contributed by atoms with Crippen molar-refractivity contribution in [2.75, 3.05) is 0 Å². The van der Waals surface area contributed by atoms with Gasteiger partial charge in [0.25, 0.3) is 0 Å². The molecule has 8 fully saturated rings. The Bertz CT molecular complexity index is 613. The van der Waals surface area contributed by atoms with Crippen molar-refractivity contribution in [2.45, 2.75) is 305 Å². The summed E-state index contributed by atoms with van der Waals surface area (Å²) in [6.45, 7) is 0. The molecule has 56 heavy (non-hydrogen) atoms. The first-order chi connectivity index (χ1) is 25.8. The van der Waals surface area contributed by atoms with Gasteiger partial charge in [-0.2, -0.15) is 0 Å². The van der Waals surface area contributed by atoms with E-state index in [1.54, 1.807) is 0 Å². The van der Waals surface area contributed by atoms with E-state index in [1.807, 2.05) is 0 Å². The number of hydrogen-bond acceptors (Lipinski definition) is 0. The Kier molecular flexibility index (Phi) is 35.4. The van der Waals surface area contributed by atoms with Gasteiger partial charge in [0, 0.05) is 0 Å². The summed E-state index contributed by atoms with van der Waals surface area (Å²) < 4.78 is 0. The fourth-order valence-electron chi connectivity index (χ4n) is 11.0. The maximum atomic E-state index is 5.00. The minimum Gasteiger partial charge on any atom is -0.657 e. The van der Waals surface area contributed by atoms with E-state index >= 15 is 0 Å². The third kappa shape index (κ3) is 24.6. The van der Waals surface area contributed by atoms with Crippen LogP contribution in [0.15, 0.2) is 0 Å². The summed E-state index contributed by atoms with van der Waals surface area (Å²) in [6, 6.07) is 5.98. The quantitative estimate of drug-likeness (QED) is 0.173. The monoisotopic (exact) mass is 847 g/mol. The number of rotatable bonds is 8. The predicted octanol–water partition coefficient (Wildman–Crippen LogP) is 17.0. The molecule has 4 nitrogen and oxygen atoms in total. The molecule has 0 aromatic rings. The van der Waals surface area contributed by atoms with Gasteiger partial charge < -0.3 is 36.1 Å². The smallest absolute Gasteiger partial charge is 0.657 e. The molecule has 0 N–H and O–H groups in total. The van der Waals surface area contributed by atoms with E-state index in [2.05, 4.69) is 0 Å². The molecule has 0 bridgehead atoms. The van der Waals surface area contributed by atoms with Gasteiger partial charge in [-0.3, -0.25) is 0 Å². The predicted molar refractivity (Wildman–Crippen MR) is 241 cm³/mol. The Morgan fingerprint density at radius 1 is 0.179 bits per heavy atom. The molecule has 8 aliphatic rings. The van der Waals surface area contributed by atoms with Crippen LogP contribution in [0.1, 0.15) is 257 Å². The summed E-state index contributed by atoms with van der Waals surface area (Å²) in [4.78, 5) is 0. The molecule has 0 saturated heterocycles. The molecule has 0 aromatic heterocycles. The van der Waals surface area contributed by atoms with Crippen molar-refractivity contribution >= 4 is 0 Å². The van der Waals surface area contributed by atoms with Gasteiger partial charge in [0.1, 0.15) is 0 Å². The Labute approximate surface area is 382 Å². The summed E-state index contributed by atoms with van der Waals surface area (Å²) in [5.74, 6) is 0. The van der Waals surface area contributed by atoms with E-state index in [-0.39, 0.29) is 58.3 Å². The maximum absolute atomic E-state index is 5.00. The van der Waals surface area contributed by atoms with E-state index in [1.165, 1.54) is 257 Å². The minimum absolute atomic E-state index is 0. The van der Waals surface area contributed by atoms with Crippen LogP contribution < -0.4 is 0 Å². The zero-order valence-corrected chi connectivity index (χ0v) is 40.8. The van der Waals surface area contributed by atoms with Gasteiger partial charge >= 0.3 is 43.4 Å². The largest absolute Gasteiger partial charge is 4.00 e. The molecule has 0 aromatic carbocycles. The Morgan fingerprint density at radius 3 is 0.357 bits per heavy atom. The van der Waals surface area contributed by atoms with Crippen molar-refractivity contribution in [3.8, 4) is 0 Å². The maximum Gasteiger partial charge on any atom is 4.00 e. The summed E-state index contributed by atoms with van der Waals surface area (Å²) in [7, 11) is 0.